The molecule has 0 saturated carbocycles. The highest BCUT2D eigenvalue weighted by Crippen LogP contribution is 2.21. The number of benzene rings is 1. The van der Waals surface area contributed by atoms with Crippen LogP contribution in [0.1, 0.15) is 43.2 Å². The van der Waals surface area contributed by atoms with Crippen molar-refractivity contribution in [2.45, 2.75) is 51.6 Å². The molecule has 1 saturated heterocycles. The Morgan fingerprint density at radius 3 is 2.75 bits per heavy atom. The lowest BCUT2D eigenvalue weighted by Crippen LogP contribution is -2.17. The summed E-state index contributed by atoms with van der Waals surface area (Å²) in [5.41, 5.74) is 2.32. The molecule has 0 aliphatic carbocycles. The van der Waals surface area contributed by atoms with Crippen molar-refractivity contribution in [3.8, 4) is 0 Å². The van der Waals surface area contributed by atoms with Gasteiger partial charge in [0.05, 0.1) is 12.0 Å². The average Bonchev–Trinajstić information content (AvgIpc) is 2.93. The summed E-state index contributed by atoms with van der Waals surface area (Å²) >= 11 is 0. The van der Waals surface area contributed by atoms with E-state index in [9.17, 15) is 9.90 Å². The minimum Gasteiger partial charge on any atom is -0.481 e. The van der Waals surface area contributed by atoms with Crippen molar-refractivity contribution in [1.29, 1.82) is 0 Å². The van der Waals surface area contributed by atoms with Crippen LogP contribution in [0.15, 0.2) is 24.3 Å². The van der Waals surface area contributed by atoms with Gasteiger partial charge in [-0.3, -0.25) is 4.79 Å². The summed E-state index contributed by atoms with van der Waals surface area (Å²) in [6.07, 6.45) is 5.95. The number of aliphatic carboxylic acids is 1. The Hall–Kier alpha value is -1.35. The zero-order valence-corrected chi connectivity index (χ0v) is 12.2. The van der Waals surface area contributed by atoms with Gasteiger partial charge in [-0.1, -0.05) is 36.2 Å². The zero-order valence-electron chi connectivity index (χ0n) is 12.2. The third kappa shape index (κ3) is 4.64. The molecule has 0 aromatic heterocycles. The molecule has 1 aliphatic heterocycles. The molecule has 2 atom stereocenters. The summed E-state index contributed by atoms with van der Waals surface area (Å²) in [7, 11) is 0. The van der Waals surface area contributed by atoms with E-state index in [4.69, 9.17) is 4.74 Å². The maximum Gasteiger partial charge on any atom is 0.306 e. The van der Waals surface area contributed by atoms with Crippen LogP contribution in [-0.4, -0.2) is 23.8 Å². The molecule has 2 unspecified atom stereocenters. The molecule has 20 heavy (non-hydrogen) atoms. The second-order valence-corrected chi connectivity index (χ2v) is 5.79. The van der Waals surface area contributed by atoms with Gasteiger partial charge in [-0.15, -0.1) is 0 Å². The first-order valence-corrected chi connectivity index (χ1v) is 7.55. The fourth-order valence-electron chi connectivity index (χ4n) is 2.79. The molecule has 1 N–H and O–H groups in total. The summed E-state index contributed by atoms with van der Waals surface area (Å²) in [6.45, 7) is 2.91. The van der Waals surface area contributed by atoms with Crippen LogP contribution in [-0.2, 0) is 16.0 Å². The Bertz CT molecular complexity index is 418. The van der Waals surface area contributed by atoms with Crippen molar-refractivity contribution in [2.24, 2.45) is 5.92 Å². The smallest absolute Gasteiger partial charge is 0.306 e. The summed E-state index contributed by atoms with van der Waals surface area (Å²) in [5.74, 6) is -0.961. The predicted octanol–water partition coefficient (Wildman–Crippen LogP) is 3.59. The minimum absolute atomic E-state index is 0.279. The monoisotopic (exact) mass is 276 g/mol. The quantitative estimate of drug-likeness (QED) is 0.828. The third-order valence-electron chi connectivity index (χ3n) is 4.05. The molecule has 2 rings (SSSR count). The number of rotatable bonds is 7. The molecule has 1 aromatic rings. The molecular formula is C17H24O3. The van der Waals surface area contributed by atoms with Crippen LogP contribution >= 0.6 is 0 Å². The van der Waals surface area contributed by atoms with Gasteiger partial charge in [-0.25, -0.2) is 0 Å². The van der Waals surface area contributed by atoms with E-state index in [0.29, 0.717) is 12.5 Å². The van der Waals surface area contributed by atoms with Gasteiger partial charge in [0.15, 0.2) is 0 Å². The average molecular weight is 276 g/mol. The number of aryl methyl sites for hydroxylation is 1. The van der Waals surface area contributed by atoms with Crippen molar-refractivity contribution in [2.75, 3.05) is 6.61 Å². The molecule has 3 nitrogen and oxygen atoms in total. The predicted molar refractivity (Wildman–Crippen MR) is 78.8 cm³/mol. The van der Waals surface area contributed by atoms with Crippen molar-refractivity contribution in [1.82, 2.24) is 0 Å². The van der Waals surface area contributed by atoms with Gasteiger partial charge in [0, 0.05) is 6.61 Å². The van der Waals surface area contributed by atoms with E-state index in [2.05, 4.69) is 0 Å². The van der Waals surface area contributed by atoms with Crippen LogP contribution in [0.5, 0.6) is 0 Å². The maximum absolute atomic E-state index is 11.4. The van der Waals surface area contributed by atoms with Crippen LogP contribution in [0.3, 0.4) is 0 Å². The van der Waals surface area contributed by atoms with E-state index >= 15 is 0 Å². The maximum atomic E-state index is 11.4. The van der Waals surface area contributed by atoms with Crippen molar-refractivity contribution in [3.63, 3.8) is 0 Å². The van der Waals surface area contributed by atoms with Gasteiger partial charge in [0.2, 0.25) is 0 Å². The van der Waals surface area contributed by atoms with E-state index in [1.807, 2.05) is 31.2 Å². The molecule has 110 valence electrons. The summed E-state index contributed by atoms with van der Waals surface area (Å²) < 4.78 is 5.58. The lowest BCUT2D eigenvalue weighted by Gasteiger charge is -2.14. The Kier molecular flexibility index (Phi) is 5.60. The van der Waals surface area contributed by atoms with E-state index in [-0.39, 0.29) is 5.92 Å². The Morgan fingerprint density at radius 1 is 1.40 bits per heavy atom. The van der Waals surface area contributed by atoms with Gasteiger partial charge >= 0.3 is 5.97 Å². The van der Waals surface area contributed by atoms with E-state index in [0.717, 1.165) is 44.3 Å². The molecule has 0 amide bonds. The molecule has 1 aliphatic rings. The highest BCUT2D eigenvalue weighted by Gasteiger charge is 2.20. The van der Waals surface area contributed by atoms with Gasteiger partial charge in [-0.2, -0.15) is 0 Å². The molecule has 1 aromatic carbocycles. The van der Waals surface area contributed by atoms with Crippen molar-refractivity contribution in [3.05, 3.63) is 35.4 Å². The van der Waals surface area contributed by atoms with E-state index in [1.165, 1.54) is 5.56 Å². The molecule has 0 spiro atoms. The van der Waals surface area contributed by atoms with Crippen LogP contribution in [0.25, 0.3) is 0 Å². The second-order valence-electron chi connectivity index (χ2n) is 5.79. The Morgan fingerprint density at radius 2 is 2.15 bits per heavy atom. The van der Waals surface area contributed by atoms with Gasteiger partial charge in [0.1, 0.15) is 0 Å². The number of ether oxygens (including phenoxy) is 1. The minimum atomic E-state index is -0.682. The molecule has 1 heterocycles. The normalized spacial score (nSPS) is 19.9. The number of carboxylic acid groups (broad SMARTS) is 1. The summed E-state index contributed by atoms with van der Waals surface area (Å²) in [4.78, 5) is 11.4. The standard InChI is InChI=1S/C17H24O3/c1-13-7-9-14(10-8-13)12-15(17(18)19)4-2-5-16-6-3-11-20-16/h7-10,15-16H,2-6,11-12H2,1H3,(H,18,19). The third-order valence-corrected chi connectivity index (χ3v) is 4.05. The fourth-order valence-corrected chi connectivity index (χ4v) is 2.79. The van der Waals surface area contributed by atoms with Crippen LogP contribution in [0.2, 0.25) is 0 Å². The molecule has 3 heteroatoms. The first kappa shape index (κ1) is 15.0. The van der Waals surface area contributed by atoms with Gasteiger partial charge in [0.25, 0.3) is 0 Å². The summed E-state index contributed by atoms with van der Waals surface area (Å²) in [5, 5.41) is 9.35. The van der Waals surface area contributed by atoms with E-state index in [1.54, 1.807) is 0 Å². The number of hydrogen-bond donors (Lipinski definition) is 1. The van der Waals surface area contributed by atoms with Gasteiger partial charge in [-0.05, 0) is 44.6 Å². The largest absolute Gasteiger partial charge is 0.481 e. The lowest BCUT2D eigenvalue weighted by molar-refractivity contribution is -0.142. The lowest BCUT2D eigenvalue weighted by atomic mass is 9.93. The SMILES string of the molecule is Cc1ccc(CC(CCCC2CCCO2)C(=O)O)cc1. The first-order chi connectivity index (χ1) is 9.65. The fraction of sp³-hybridized carbons (Fsp3) is 0.588. The highest BCUT2D eigenvalue weighted by atomic mass is 16.5. The molecule has 0 bridgehead atoms. The topological polar surface area (TPSA) is 46.5 Å². The van der Waals surface area contributed by atoms with Crippen molar-refractivity contribution >= 4 is 5.97 Å². The molecule has 1 fully saturated rings. The van der Waals surface area contributed by atoms with Crippen molar-refractivity contribution < 1.29 is 14.6 Å². The zero-order chi connectivity index (χ0) is 14.4. The number of carbonyl (C=O) groups is 1. The highest BCUT2D eigenvalue weighted by molar-refractivity contribution is 5.70. The number of carboxylic acids is 1. The van der Waals surface area contributed by atoms with E-state index < -0.39 is 5.97 Å². The Labute approximate surface area is 121 Å². The summed E-state index contributed by atoms with van der Waals surface area (Å²) in [6, 6.07) is 8.15. The molecule has 0 radical (unpaired) electrons. The van der Waals surface area contributed by atoms with Gasteiger partial charge < -0.3 is 9.84 Å². The van der Waals surface area contributed by atoms with Crippen LogP contribution < -0.4 is 0 Å². The van der Waals surface area contributed by atoms with Crippen LogP contribution in [0, 0.1) is 12.8 Å². The Balaban J connectivity index is 1.80. The molecular weight excluding hydrogens is 252 g/mol. The number of hydrogen-bond acceptors (Lipinski definition) is 2. The van der Waals surface area contributed by atoms with Crippen LogP contribution in [0.4, 0.5) is 0 Å². The second kappa shape index (κ2) is 7.44. The first-order valence-electron chi connectivity index (χ1n) is 7.55.